The van der Waals surface area contributed by atoms with Crippen LogP contribution in [0.3, 0.4) is 0 Å². The Morgan fingerprint density at radius 2 is 1.64 bits per heavy atom. The van der Waals surface area contributed by atoms with Crippen LogP contribution in [0.2, 0.25) is 0 Å². The van der Waals surface area contributed by atoms with Crippen molar-refractivity contribution in [3.8, 4) is 0 Å². The van der Waals surface area contributed by atoms with Gasteiger partial charge in [0.1, 0.15) is 11.6 Å². The van der Waals surface area contributed by atoms with Crippen LogP contribution in [0.5, 0.6) is 0 Å². The standard InChI is InChI=1S/C26H39N5O2/c1-17(2)24-28-18(3)10-22(29-24)30-6-8-31(9-7-30)23(32)4-5-27-25(33)26-14-19-11-20(15-26)13-21(12-19)16-26/h10,17,19-21H,4-9,11-16H2,1-3H3,(H,27,33). The Balaban J connectivity index is 1.09. The smallest absolute Gasteiger partial charge is 0.226 e. The van der Waals surface area contributed by atoms with Crippen molar-refractivity contribution in [3.05, 3.63) is 17.6 Å². The van der Waals surface area contributed by atoms with Gasteiger partial charge in [-0.2, -0.15) is 0 Å². The highest BCUT2D eigenvalue weighted by molar-refractivity contribution is 5.84. The first kappa shape index (κ1) is 22.6. The number of carbonyl (C=O) groups is 2. The molecule has 5 aliphatic rings. The van der Waals surface area contributed by atoms with Gasteiger partial charge in [-0.3, -0.25) is 9.59 Å². The Morgan fingerprint density at radius 1 is 1.03 bits per heavy atom. The summed E-state index contributed by atoms with van der Waals surface area (Å²) in [6.45, 7) is 9.63. The van der Waals surface area contributed by atoms with E-state index in [9.17, 15) is 9.59 Å². The fraction of sp³-hybridized carbons (Fsp3) is 0.769. The zero-order valence-electron chi connectivity index (χ0n) is 20.5. The van der Waals surface area contributed by atoms with Gasteiger partial charge in [-0.15, -0.1) is 0 Å². The Kier molecular flexibility index (Phi) is 6.08. The molecule has 6 rings (SSSR count). The fourth-order valence-corrected chi connectivity index (χ4v) is 7.20. The third-order valence-electron chi connectivity index (χ3n) is 8.48. The molecule has 33 heavy (non-hydrogen) atoms. The number of rotatable bonds is 6. The normalized spacial score (nSPS) is 30.7. The molecule has 1 aromatic heterocycles. The van der Waals surface area contributed by atoms with Crippen molar-refractivity contribution in [3.63, 3.8) is 0 Å². The highest BCUT2D eigenvalue weighted by atomic mass is 16.2. The zero-order valence-corrected chi connectivity index (χ0v) is 20.5. The van der Waals surface area contributed by atoms with Crippen LogP contribution in [0, 0.1) is 30.1 Å². The molecule has 5 fully saturated rings. The van der Waals surface area contributed by atoms with Crippen molar-refractivity contribution in [2.75, 3.05) is 37.6 Å². The first-order valence-electron chi connectivity index (χ1n) is 13.0. The molecule has 180 valence electrons. The van der Waals surface area contributed by atoms with Crippen LogP contribution < -0.4 is 10.2 Å². The lowest BCUT2D eigenvalue weighted by molar-refractivity contribution is -0.146. The van der Waals surface area contributed by atoms with E-state index < -0.39 is 0 Å². The summed E-state index contributed by atoms with van der Waals surface area (Å²) < 4.78 is 0. The van der Waals surface area contributed by atoms with E-state index in [0.29, 0.717) is 32.0 Å². The van der Waals surface area contributed by atoms with E-state index in [0.717, 1.165) is 67.4 Å². The van der Waals surface area contributed by atoms with Gasteiger partial charge in [0.25, 0.3) is 0 Å². The van der Waals surface area contributed by atoms with Crippen molar-refractivity contribution >= 4 is 17.6 Å². The monoisotopic (exact) mass is 453 g/mol. The van der Waals surface area contributed by atoms with E-state index >= 15 is 0 Å². The van der Waals surface area contributed by atoms with E-state index in [1.165, 1.54) is 19.3 Å². The second-order valence-electron chi connectivity index (χ2n) is 11.5. The molecule has 0 unspecified atom stereocenters. The van der Waals surface area contributed by atoms with E-state index in [1.54, 1.807) is 0 Å². The van der Waals surface area contributed by atoms with Crippen LogP contribution >= 0.6 is 0 Å². The summed E-state index contributed by atoms with van der Waals surface area (Å²) in [7, 11) is 0. The lowest BCUT2D eigenvalue weighted by atomic mass is 9.49. The highest BCUT2D eigenvalue weighted by Crippen LogP contribution is 2.60. The molecule has 1 N–H and O–H groups in total. The number of nitrogens with zero attached hydrogens (tertiary/aromatic N) is 4. The Labute approximate surface area is 197 Å². The largest absolute Gasteiger partial charge is 0.355 e. The summed E-state index contributed by atoms with van der Waals surface area (Å²) in [4.78, 5) is 39.4. The number of hydrogen-bond acceptors (Lipinski definition) is 5. The van der Waals surface area contributed by atoms with Gasteiger partial charge < -0.3 is 15.1 Å². The number of carbonyl (C=O) groups excluding carboxylic acids is 2. The molecule has 1 aromatic rings. The SMILES string of the molecule is Cc1cc(N2CCN(C(=O)CCNC(=O)C34CC5CC(CC(C5)C3)C4)CC2)nc(C(C)C)n1. The number of hydrogen-bond donors (Lipinski definition) is 1. The third kappa shape index (κ3) is 4.60. The van der Waals surface area contributed by atoms with Crippen LogP contribution in [0.15, 0.2) is 6.07 Å². The average Bonchev–Trinajstić information content (AvgIpc) is 2.77. The van der Waals surface area contributed by atoms with E-state index in [4.69, 9.17) is 4.98 Å². The van der Waals surface area contributed by atoms with Crippen molar-refractivity contribution in [2.24, 2.45) is 23.2 Å². The Morgan fingerprint density at radius 3 is 2.21 bits per heavy atom. The number of amides is 2. The van der Waals surface area contributed by atoms with Crippen LogP contribution in [0.1, 0.15) is 76.2 Å². The predicted molar refractivity (Wildman–Crippen MR) is 128 cm³/mol. The Bertz CT molecular complexity index is 871. The minimum Gasteiger partial charge on any atom is -0.355 e. The molecule has 7 heteroatoms. The summed E-state index contributed by atoms with van der Waals surface area (Å²) in [6.07, 6.45) is 7.62. The number of aromatic nitrogens is 2. The zero-order chi connectivity index (χ0) is 23.2. The topological polar surface area (TPSA) is 78.4 Å². The van der Waals surface area contributed by atoms with Gasteiger partial charge in [-0.25, -0.2) is 9.97 Å². The van der Waals surface area contributed by atoms with Gasteiger partial charge >= 0.3 is 0 Å². The van der Waals surface area contributed by atoms with Gasteiger partial charge in [0.05, 0.1) is 0 Å². The van der Waals surface area contributed by atoms with Crippen LogP contribution in [0.25, 0.3) is 0 Å². The second kappa shape index (κ2) is 8.88. The molecular formula is C26H39N5O2. The maximum Gasteiger partial charge on any atom is 0.226 e. The summed E-state index contributed by atoms with van der Waals surface area (Å²) >= 11 is 0. The van der Waals surface area contributed by atoms with E-state index in [-0.39, 0.29) is 17.2 Å². The Hall–Kier alpha value is -2.18. The molecule has 2 amide bonds. The van der Waals surface area contributed by atoms with Crippen molar-refractivity contribution in [2.45, 2.75) is 71.6 Å². The molecule has 0 spiro atoms. The first-order valence-corrected chi connectivity index (χ1v) is 13.0. The van der Waals surface area contributed by atoms with Crippen molar-refractivity contribution in [1.29, 1.82) is 0 Å². The molecule has 4 bridgehead atoms. The molecule has 1 saturated heterocycles. The van der Waals surface area contributed by atoms with Crippen LogP contribution in [-0.4, -0.2) is 59.4 Å². The van der Waals surface area contributed by atoms with Crippen molar-refractivity contribution in [1.82, 2.24) is 20.2 Å². The molecule has 4 saturated carbocycles. The molecule has 0 aromatic carbocycles. The highest BCUT2D eigenvalue weighted by Gasteiger charge is 2.54. The van der Waals surface area contributed by atoms with Crippen molar-refractivity contribution < 1.29 is 9.59 Å². The van der Waals surface area contributed by atoms with E-state index in [2.05, 4.69) is 29.0 Å². The van der Waals surface area contributed by atoms with Crippen LogP contribution in [0.4, 0.5) is 5.82 Å². The number of piperazine rings is 1. The average molecular weight is 454 g/mol. The molecule has 1 aliphatic heterocycles. The number of aryl methyl sites for hydroxylation is 1. The predicted octanol–water partition coefficient (Wildman–Crippen LogP) is 3.28. The van der Waals surface area contributed by atoms with Gasteiger partial charge in [0.2, 0.25) is 11.8 Å². The van der Waals surface area contributed by atoms with Gasteiger partial charge in [0.15, 0.2) is 0 Å². The quantitative estimate of drug-likeness (QED) is 0.715. The number of nitrogens with one attached hydrogen (secondary N) is 1. The maximum atomic E-state index is 13.1. The molecule has 4 aliphatic carbocycles. The molecule has 0 radical (unpaired) electrons. The van der Waals surface area contributed by atoms with Crippen LogP contribution in [-0.2, 0) is 9.59 Å². The second-order valence-corrected chi connectivity index (χ2v) is 11.5. The minimum absolute atomic E-state index is 0.131. The number of anilines is 1. The molecular weight excluding hydrogens is 414 g/mol. The molecule has 2 heterocycles. The van der Waals surface area contributed by atoms with Gasteiger partial charge in [0, 0.05) is 62.2 Å². The third-order valence-corrected chi connectivity index (χ3v) is 8.48. The fourth-order valence-electron chi connectivity index (χ4n) is 7.20. The van der Waals surface area contributed by atoms with Gasteiger partial charge in [-0.1, -0.05) is 13.8 Å². The first-order chi connectivity index (χ1) is 15.8. The summed E-state index contributed by atoms with van der Waals surface area (Å²) in [5, 5.41) is 3.15. The lowest BCUT2D eigenvalue weighted by Crippen LogP contribution is -2.54. The summed E-state index contributed by atoms with van der Waals surface area (Å²) in [5.74, 6) is 4.77. The van der Waals surface area contributed by atoms with Gasteiger partial charge in [-0.05, 0) is 63.2 Å². The molecule has 7 nitrogen and oxygen atoms in total. The summed E-state index contributed by atoms with van der Waals surface area (Å²) in [6, 6.07) is 2.03. The molecule has 0 atom stereocenters. The minimum atomic E-state index is -0.131. The summed E-state index contributed by atoms with van der Waals surface area (Å²) in [5.41, 5.74) is 0.852. The van der Waals surface area contributed by atoms with E-state index in [1.807, 2.05) is 17.9 Å². The lowest BCUT2D eigenvalue weighted by Gasteiger charge is -2.55. The maximum absolute atomic E-state index is 13.1.